The predicted molar refractivity (Wildman–Crippen MR) is 123 cm³/mol. The van der Waals surface area contributed by atoms with Crippen molar-refractivity contribution in [3.8, 4) is 17.0 Å². The van der Waals surface area contributed by atoms with E-state index in [9.17, 15) is 14.4 Å². The zero-order valence-electron chi connectivity index (χ0n) is 19.3. The third-order valence-electron chi connectivity index (χ3n) is 4.97. The summed E-state index contributed by atoms with van der Waals surface area (Å²) in [6.45, 7) is 8.93. The molecule has 7 heteroatoms. The molecule has 32 heavy (non-hydrogen) atoms. The SMILES string of the molecule is Cc1cc(OCc2ccccc2)ccc1-c1c(C)c(=O)n(C(=O)OC(C)(C)C)c(=O)n1C. The van der Waals surface area contributed by atoms with Crippen molar-refractivity contribution in [2.24, 2.45) is 7.05 Å². The molecule has 0 amide bonds. The minimum absolute atomic E-state index is 0.277. The molecule has 1 aromatic heterocycles. The molecule has 0 aliphatic rings. The van der Waals surface area contributed by atoms with E-state index >= 15 is 0 Å². The average molecular weight is 437 g/mol. The first-order chi connectivity index (χ1) is 15.0. The number of benzene rings is 2. The van der Waals surface area contributed by atoms with E-state index in [0.29, 0.717) is 28.2 Å². The van der Waals surface area contributed by atoms with Gasteiger partial charge in [-0.15, -0.1) is 0 Å². The number of aryl methyl sites for hydroxylation is 1. The van der Waals surface area contributed by atoms with Gasteiger partial charge < -0.3 is 9.47 Å². The van der Waals surface area contributed by atoms with Crippen LogP contribution in [0.2, 0.25) is 0 Å². The number of rotatable bonds is 4. The number of carbonyl (C=O) groups is 1. The Hall–Kier alpha value is -3.61. The van der Waals surface area contributed by atoms with Crippen molar-refractivity contribution in [2.75, 3.05) is 0 Å². The van der Waals surface area contributed by atoms with Crippen LogP contribution < -0.4 is 16.0 Å². The standard InChI is InChI=1S/C25H28N2O5/c1-16-14-19(31-15-18-10-8-7-9-11-18)12-13-20(16)21-17(2)22(28)27(23(29)26(21)6)24(30)32-25(3,4)5/h7-14H,15H2,1-6H3. The predicted octanol–water partition coefficient (Wildman–Crippen LogP) is 4.19. The zero-order valence-corrected chi connectivity index (χ0v) is 19.3. The van der Waals surface area contributed by atoms with Gasteiger partial charge in [-0.3, -0.25) is 9.36 Å². The summed E-state index contributed by atoms with van der Waals surface area (Å²) in [5.74, 6) is 0.680. The van der Waals surface area contributed by atoms with E-state index in [1.807, 2.05) is 49.4 Å². The second-order valence-electron chi connectivity index (χ2n) is 8.69. The van der Waals surface area contributed by atoms with E-state index in [2.05, 4.69) is 0 Å². The number of nitrogens with zero attached hydrogens (tertiary/aromatic N) is 2. The lowest BCUT2D eigenvalue weighted by atomic mass is 10.0. The van der Waals surface area contributed by atoms with Crippen LogP contribution in [0.5, 0.6) is 5.75 Å². The van der Waals surface area contributed by atoms with Crippen LogP contribution in [0.3, 0.4) is 0 Å². The lowest BCUT2D eigenvalue weighted by Gasteiger charge is -2.21. The molecule has 0 saturated heterocycles. The highest BCUT2D eigenvalue weighted by Gasteiger charge is 2.25. The highest BCUT2D eigenvalue weighted by molar-refractivity contribution is 5.73. The molecule has 0 radical (unpaired) electrons. The molecule has 0 bridgehead atoms. The van der Waals surface area contributed by atoms with E-state index in [1.165, 1.54) is 11.6 Å². The Balaban J connectivity index is 1.98. The van der Waals surface area contributed by atoms with Crippen LogP contribution in [0, 0.1) is 13.8 Å². The van der Waals surface area contributed by atoms with Gasteiger partial charge in [0.1, 0.15) is 18.0 Å². The molecule has 0 aliphatic carbocycles. The molecule has 3 aromatic rings. The van der Waals surface area contributed by atoms with Crippen molar-refractivity contribution in [1.29, 1.82) is 0 Å². The van der Waals surface area contributed by atoms with Gasteiger partial charge in [0.2, 0.25) is 0 Å². The summed E-state index contributed by atoms with van der Waals surface area (Å²) < 4.78 is 12.9. The lowest BCUT2D eigenvalue weighted by Crippen LogP contribution is -2.46. The maximum atomic E-state index is 12.9. The Morgan fingerprint density at radius 3 is 2.25 bits per heavy atom. The quantitative estimate of drug-likeness (QED) is 0.613. The molecule has 168 valence electrons. The van der Waals surface area contributed by atoms with Gasteiger partial charge in [-0.2, -0.15) is 4.57 Å². The van der Waals surface area contributed by atoms with Crippen LogP contribution in [0.15, 0.2) is 58.1 Å². The molecule has 0 saturated carbocycles. The van der Waals surface area contributed by atoms with Gasteiger partial charge in [0, 0.05) is 18.2 Å². The molecule has 1 heterocycles. The van der Waals surface area contributed by atoms with Crippen LogP contribution in [-0.2, 0) is 18.4 Å². The van der Waals surface area contributed by atoms with E-state index in [1.54, 1.807) is 33.8 Å². The third-order valence-corrected chi connectivity index (χ3v) is 4.97. The van der Waals surface area contributed by atoms with Crippen molar-refractivity contribution in [3.63, 3.8) is 0 Å². The Labute approximate surface area is 186 Å². The molecule has 0 atom stereocenters. The fourth-order valence-corrected chi connectivity index (χ4v) is 3.44. The molecule has 2 aromatic carbocycles. The first-order valence-corrected chi connectivity index (χ1v) is 10.3. The van der Waals surface area contributed by atoms with Gasteiger partial charge in [-0.05, 0) is 63.9 Å². The minimum atomic E-state index is -0.987. The highest BCUT2D eigenvalue weighted by Crippen LogP contribution is 2.27. The largest absolute Gasteiger partial charge is 0.489 e. The topological polar surface area (TPSA) is 79.5 Å². The lowest BCUT2D eigenvalue weighted by molar-refractivity contribution is 0.0520. The van der Waals surface area contributed by atoms with E-state index in [4.69, 9.17) is 9.47 Å². The Kier molecular flexibility index (Phi) is 6.39. The van der Waals surface area contributed by atoms with Crippen molar-refractivity contribution in [3.05, 3.63) is 86.1 Å². The monoisotopic (exact) mass is 436 g/mol. The summed E-state index contributed by atoms with van der Waals surface area (Å²) in [6.07, 6.45) is -0.987. The molecule has 0 spiro atoms. The second-order valence-corrected chi connectivity index (χ2v) is 8.69. The third kappa shape index (κ3) is 4.82. The number of ether oxygens (including phenoxy) is 2. The Morgan fingerprint density at radius 2 is 1.66 bits per heavy atom. The maximum absolute atomic E-state index is 12.9. The molecule has 0 N–H and O–H groups in total. The molecule has 7 nitrogen and oxygen atoms in total. The summed E-state index contributed by atoms with van der Waals surface area (Å²) in [6, 6.07) is 15.3. The van der Waals surface area contributed by atoms with Crippen LogP contribution >= 0.6 is 0 Å². The van der Waals surface area contributed by atoms with Gasteiger partial charge >= 0.3 is 11.8 Å². The van der Waals surface area contributed by atoms with Gasteiger partial charge in [0.05, 0.1) is 5.69 Å². The van der Waals surface area contributed by atoms with E-state index in [-0.39, 0.29) is 5.56 Å². The summed E-state index contributed by atoms with van der Waals surface area (Å²) in [5, 5.41) is 0. The molecular formula is C25H28N2O5. The molecule has 3 rings (SSSR count). The normalized spacial score (nSPS) is 11.3. The van der Waals surface area contributed by atoms with Gasteiger partial charge in [0.25, 0.3) is 5.56 Å². The van der Waals surface area contributed by atoms with E-state index in [0.717, 1.165) is 11.1 Å². The first kappa shape index (κ1) is 23.1. The molecule has 0 fully saturated rings. The highest BCUT2D eigenvalue weighted by atomic mass is 16.6. The van der Waals surface area contributed by atoms with Crippen LogP contribution in [0.1, 0.15) is 37.5 Å². The van der Waals surface area contributed by atoms with Gasteiger partial charge in [-0.1, -0.05) is 30.3 Å². The van der Waals surface area contributed by atoms with Crippen molar-refractivity contribution in [2.45, 2.75) is 46.8 Å². The zero-order chi connectivity index (χ0) is 23.6. The smallest absolute Gasteiger partial charge is 0.425 e. The number of hydrogen-bond acceptors (Lipinski definition) is 5. The number of hydrogen-bond donors (Lipinski definition) is 0. The molecule has 0 aliphatic heterocycles. The second kappa shape index (κ2) is 8.86. The first-order valence-electron chi connectivity index (χ1n) is 10.3. The fourth-order valence-electron chi connectivity index (χ4n) is 3.44. The van der Waals surface area contributed by atoms with Crippen LogP contribution in [0.25, 0.3) is 11.3 Å². The summed E-state index contributed by atoms with van der Waals surface area (Å²) in [5.41, 5.74) is 1.05. The van der Waals surface area contributed by atoms with Crippen LogP contribution in [0.4, 0.5) is 4.79 Å². The summed E-state index contributed by atoms with van der Waals surface area (Å²) in [7, 11) is 1.53. The summed E-state index contributed by atoms with van der Waals surface area (Å²) in [4.78, 5) is 38.3. The van der Waals surface area contributed by atoms with Crippen LogP contribution in [-0.4, -0.2) is 20.8 Å². The van der Waals surface area contributed by atoms with Crippen molar-refractivity contribution >= 4 is 6.09 Å². The number of aromatic nitrogens is 2. The van der Waals surface area contributed by atoms with E-state index < -0.39 is 22.9 Å². The minimum Gasteiger partial charge on any atom is -0.489 e. The molecule has 0 unspecified atom stereocenters. The Bertz CT molecular complexity index is 1230. The van der Waals surface area contributed by atoms with Gasteiger partial charge in [-0.25, -0.2) is 9.59 Å². The van der Waals surface area contributed by atoms with Gasteiger partial charge in [0.15, 0.2) is 0 Å². The Morgan fingerprint density at radius 1 is 1.00 bits per heavy atom. The average Bonchev–Trinajstić information content (AvgIpc) is 2.72. The molecular weight excluding hydrogens is 408 g/mol. The van der Waals surface area contributed by atoms with Crippen molar-refractivity contribution in [1.82, 2.24) is 9.13 Å². The fraction of sp³-hybridized carbons (Fsp3) is 0.320. The summed E-state index contributed by atoms with van der Waals surface area (Å²) >= 11 is 0. The number of carbonyl (C=O) groups excluding carboxylic acids is 1. The maximum Gasteiger partial charge on any atom is 0.425 e. The van der Waals surface area contributed by atoms with Crippen molar-refractivity contribution < 1.29 is 14.3 Å².